The molecule has 6 heteroatoms. The van der Waals surface area contributed by atoms with E-state index in [0.29, 0.717) is 18.6 Å². The number of benzene rings is 2. The molecule has 1 aromatic heterocycles. The molecule has 3 aromatic rings. The molecular weight excluding hydrogens is 400 g/mol. The summed E-state index contributed by atoms with van der Waals surface area (Å²) in [6.07, 6.45) is 5.66. The Morgan fingerprint density at radius 3 is 2.62 bits per heavy atom. The number of anilines is 2. The van der Waals surface area contributed by atoms with Crippen LogP contribution in [0.4, 0.5) is 16.2 Å². The van der Waals surface area contributed by atoms with Crippen molar-refractivity contribution in [3.05, 3.63) is 60.3 Å². The number of piperidine rings is 1. The van der Waals surface area contributed by atoms with E-state index in [0.717, 1.165) is 42.8 Å². The third-order valence-electron chi connectivity index (χ3n) is 6.58. The zero-order valence-electron chi connectivity index (χ0n) is 19.3. The Bertz CT molecular complexity index is 1020. The topological polar surface area (TPSA) is 60.6 Å². The number of carbonyl (C=O) groups excluding carboxylic acids is 1. The molecule has 1 atom stereocenters. The van der Waals surface area contributed by atoms with Gasteiger partial charge in [-0.1, -0.05) is 25.1 Å². The summed E-state index contributed by atoms with van der Waals surface area (Å²) >= 11 is 0. The average molecular weight is 435 g/mol. The summed E-state index contributed by atoms with van der Waals surface area (Å²) < 4.78 is 0. The van der Waals surface area contributed by atoms with Gasteiger partial charge in [-0.3, -0.25) is 4.84 Å². The maximum atomic E-state index is 13.0. The Morgan fingerprint density at radius 2 is 1.94 bits per heavy atom. The Kier molecular flexibility index (Phi) is 7.12. The summed E-state index contributed by atoms with van der Waals surface area (Å²) in [6, 6.07) is 15.8. The SMILES string of the molecule is CCON(C(=O)Nc1ccccc1)c1ccc2[nH]cc(C3CCN(C(C)CC)CC3)c2c1. The number of hydroxylamine groups is 1. The van der Waals surface area contributed by atoms with Crippen LogP contribution in [0.3, 0.4) is 0 Å². The van der Waals surface area contributed by atoms with E-state index in [-0.39, 0.29) is 6.03 Å². The number of amides is 2. The number of nitrogens with one attached hydrogen (secondary N) is 2. The van der Waals surface area contributed by atoms with Crippen LogP contribution in [0.1, 0.15) is 51.5 Å². The Morgan fingerprint density at radius 1 is 1.19 bits per heavy atom. The van der Waals surface area contributed by atoms with Crippen LogP contribution in [-0.4, -0.2) is 41.7 Å². The van der Waals surface area contributed by atoms with E-state index in [1.807, 2.05) is 49.4 Å². The fourth-order valence-electron chi connectivity index (χ4n) is 4.58. The molecule has 2 N–H and O–H groups in total. The number of likely N-dealkylation sites (tertiary alicyclic amines) is 1. The average Bonchev–Trinajstić information content (AvgIpc) is 3.26. The van der Waals surface area contributed by atoms with Crippen molar-refractivity contribution < 1.29 is 9.63 Å². The van der Waals surface area contributed by atoms with Gasteiger partial charge in [0.2, 0.25) is 0 Å². The lowest BCUT2D eigenvalue weighted by molar-refractivity contribution is 0.133. The third kappa shape index (κ3) is 4.81. The van der Waals surface area contributed by atoms with Crippen molar-refractivity contribution in [3.63, 3.8) is 0 Å². The number of nitrogens with zero attached hydrogens (tertiary/aromatic N) is 2. The van der Waals surface area contributed by atoms with Crippen LogP contribution < -0.4 is 10.4 Å². The summed E-state index contributed by atoms with van der Waals surface area (Å²) in [7, 11) is 0. The van der Waals surface area contributed by atoms with Gasteiger partial charge in [0.1, 0.15) is 0 Å². The van der Waals surface area contributed by atoms with E-state index in [2.05, 4.69) is 41.3 Å². The predicted octanol–water partition coefficient (Wildman–Crippen LogP) is 6.14. The lowest BCUT2D eigenvalue weighted by atomic mass is 9.88. The summed E-state index contributed by atoms with van der Waals surface area (Å²) in [5.74, 6) is 0.526. The van der Waals surface area contributed by atoms with Gasteiger partial charge in [0.15, 0.2) is 0 Å². The van der Waals surface area contributed by atoms with Gasteiger partial charge in [-0.25, -0.2) is 4.79 Å². The Labute approximate surface area is 190 Å². The molecule has 0 aliphatic carbocycles. The molecule has 0 bridgehead atoms. The fraction of sp³-hybridized carbons (Fsp3) is 0.423. The first-order chi connectivity index (χ1) is 15.6. The summed E-state index contributed by atoms with van der Waals surface area (Å²) in [4.78, 5) is 24.7. The Balaban J connectivity index is 1.56. The molecule has 0 saturated carbocycles. The van der Waals surface area contributed by atoms with Crippen LogP contribution in [-0.2, 0) is 4.84 Å². The minimum Gasteiger partial charge on any atom is -0.361 e. The van der Waals surface area contributed by atoms with Crippen LogP contribution in [0.5, 0.6) is 0 Å². The zero-order chi connectivity index (χ0) is 22.5. The maximum Gasteiger partial charge on any atom is 0.350 e. The quantitative estimate of drug-likeness (QED) is 0.439. The van der Waals surface area contributed by atoms with Gasteiger partial charge in [-0.15, -0.1) is 0 Å². The molecule has 2 aromatic carbocycles. The molecular formula is C26H34N4O2. The minimum atomic E-state index is -0.309. The lowest BCUT2D eigenvalue weighted by Crippen LogP contribution is -2.39. The molecule has 4 rings (SSSR count). The molecule has 1 saturated heterocycles. The van der Waals surface area contributed by atoms with E-state index < -0.39 is 0 Å². The number of aromatic nitrogens is 1. The number of carbonyl (C=O) groups is 1. The first-order valence-corrected chi connectivity index (χ1v) is 11.7. The number of H-pyrrole nitrogens is 1. The van der Waals surface area contributed by atoms with Crippen LogP contribution in [0.25, 0.3) is 10.9 Å². The van der Waals surface area contributed by atoms with Crippen molar-refractivity contribution in [1.82, 2.24) is 9.88 Å². The highest BCUT2D eigenvalue weighted by Gasteiger charge is 2.25. The number of rotatable bonds is 7. The summed E-state index contributed by atoms with van der Waals surface area (Å²) in [6.45, 7) is 9.13. The van der Waals surface area contributed by atoms with Gasteiger partial charge in [0.25, 0.3) is 0 Å². The largest absolute Gasteiger partial charge is 0.361 e. The van der Waals surface area contributed by atoms with Gasteiger partial charge in [0, 0.05) is 28.8 Å². The van der Waals surface area contributed by atoms with E-state index in [1.54, 1.807) is 0 Å². The number of aromatic amines is 1. The van der Waals surface area contributed by atoms with Crippen LogP contribution in [0, 0.1) is 0 Å². The molecule has 2 amide bonds. The molecule has 0 radical (unpaired) electrons. The van der Waals surface area contributed by atoms with Crippen molar-refractivity contribution >= 4 is 28.3 Å². The molecule has 170 valence electrons. The molecule has 1 aliphatic rings. The maximum absolute atomic E-state index is 13.0. The van der Waals surface area contributed by atoms with Gasteiger partial charge in [-0.2, -0.15) is 5.06 Å². The monoisotopic (exact) mass is 434 g/mol. The minimum absolute atomic E-state index is 0.309. The number of hydrogen-bond acceptors (Lipinski definition) is 3. The highest BCUT2D eigenvalue weighted by molar-refractivity contribution is 6.01. The van der Waals surface area contributed by atoms with Gasteiger partial charge < -0.3 is 15.2 Å². The first kappa shape index (κ1) is 22.4. The summed E-state index contributed by atoms with van der Waals surface area (Å²) in [5.41, 5.74) is 3.89. The summed E-state index contributed by atoms with van der Waals surface area (Å²) in [5, 5.41) is 5.44. The molecule has 0 spiro atoms. The normalized spacial score (nSPS) is 16.2. The molecule has 2 heterocycles. The number of urea groups is 1. The van der Waals surface area contributed by atoms with E-state index >= 15 is 0 Å². The zero-order valence-corrected chi connectivity index (χ0v) is 19.3. The first-order valence-electron chi connectivity index (χ1n) is 11.7. The second-order valence-corrected chi connectivity index (χ2v) is 8.55. The second kappa shape index (κ2) is 10.2. The second-order valence-electron chi connectivity index (χ2n) is 8.55. The number of fused-ring (bicyclic) bond motifs is 1. The highest BCUT2D eigenvalue weighted by Crippen LogP contribution is 2.35. The number of para-hydroxylation sites is 1. The van der Waals surface area contributed by atoms with Gasteiger partial charge in [0.05, 0.1) is 12.3 Å². The molecule has 1 unspecified atom stereocenters. The fourth-order valence-corrected chi connectivity index (χ4v) is 4.58. The van der Waals surface area contributed by atoms with Gasteiger partial charge >= 0.3 is 6.03 Å². The van der Waals surface area contributed by atoms with Crippen LogP contribution >= 0.6 is 0 Å². The van der Waals surface area contributed by atoms with Crippen molar-refractivity contribution in [2.24, 2.45) is 0 Å². The van der Waals surface area contributed by atoms with Crippen molar-refractivity contribution in [2.75, 3.05) is 30.1 Å². The van der Waals surface area contributed by atoms with Crippen molar-refractivity contribution in [2.45, 2.75) is 52.0 Å². The molecule has 1 fully saturated rings. The van der Waals surface area contributed by atoms with E-state index in [4.69, 9.17) is 4.84 Å². The van der Waals surface area contributed by atoms with Crippen LogP contribution in [0.15, 0.2) is 54.7 Å². The van der Waals surface area contributed by atoms with Crippen molar-refractivity contribution in [1.29, 1.82) is 0 Å². The van der Waals surface area contributed by atoms with Crippen LogP contribution in [0.2, 0.25) is 0 Å². The molecule has 6 nitrogen and oxygen atoms in total. The third-order valence-corrected chi connectivity index (χ3v) is 6.58. The smallest absolute Gasteiger partial charge is 0.350 e. The van der Waals surface area contributed by atoms with Crippen molar-refractivity contribution in [3.8, 4) is 0 Å². The highest BCUT2D eigenvalue weighted by atomic mass is 16.7. The predicted molar refractivity (Wildman–Crippen MR) is 131 cm³/mol. The van der Waals surface area contributed by atoms with E-state index in [1.165, 1.54) is 22.4 Å². The lowest BCUT2D eigenvalue weighted by Gasteiger charge is -2.35. The number of hydrogen-bond donors (Lipinski definition) is 2. The molecule has 1 aliphatic heterocycles. The Hall–Kier alpha value is -2.83. The van der Waals surface area contributed by atoms with Gasteiger partial charge in [-0.05, 0) is 88.0 Å². The standard InChI is InChI=1S/C26H34N4O2/c1-4-19(3)29-15-13-20(14-16-29)24-18-27-25-12-11-22(17-23(24)25)30(32-5-2)26(31)28-21-9-7-6-8-10-21/h6-12,17-20,27H,4-5,13-16H2,1-3H3,(H,28,31). The van der Waals surface area contributed by atoms with E-state index in [9.17, 15) is 4.79 Å². The molecule has 32 heavy (non-hydrogen) atoms.